The van der Waals surface area contributed by atoms with Gasteiger partial charge in [0, 0.05) is 46.5 Å². The van der Waals surface area contributed by atoms with Crippen molar-refractivity contribution in [1.29, 1.82) is 0 Å². The zero-order valence-electron chi connectivity index (χ0n) is 18.0. The first-order valence-corrected chi connectivity index (χ1v) is 11.7. The van der Waals surface area contributed by atoms with Crippen LogP contribution < -0.4 is 5.32 Å². The Labute approximate surface area is 189 Å². The number of halogens is 3. The summed E-state index contributed by atoms with van der Waals surface area (Å²) in [5.41, 5.74) is 0.489. The molecule has 0 fully saturated rings. The summed E-state index contributed by atoms with van der Waals surface area (Å²) in [6, 6.07) is 16.3. The predicted octanol–water partition coefficient (Wildman–Crippen LogP) is 7.18. The second-order valence-corrected chi connectivity index (χ2v) is 9.06. The quantitative estimate of drug-likeness (QED) is 0.270. The molecule has 32 heavy (non-hydrogen) atoms. The molecule has 4 rings (SSSR count). The van der Waals surface area contributed by atoms with Gasteiger partial charge >= 0.3 is 6.18 Å². The molecule has 2 aromatic heterocycles. The maximum absolute atomic E-state index is 13.0. The number of anilines is 1. The van der Waals surface area contributed by atoms with Gasteiger partial charge < -0.3 is 5.32 Å². The normalized spacial score (nSPS) is 12.2. The topological polar surface area (TPSA) is 28.2 Å². The second-order valence-electron chi connectivity index (χ2n) is 7.90. The van der Waals surface area contributed by atoms with Crippen molar-refractivity contribution >= 4 is 38.0 Å². The fourth-order valence-corrected chi connectivity index (χ4v) is 5.03. The minimum absolute atomic E-state index is 0.349. The Bertz CT molecular complexity index is 1150. The van der Waals surface area contributed by atoms with Gasteiger partial charge in [-0.3, -0.25) is 9.88 Å². The zero-order chi connectivity index (χ0) is 22.6. The highest BCUT2D eigenvalue weighted by Gasteiger charge is 2.30. The van der Waals surface area contributed by atoms with Crippen LogP contribution in [0.4, 0.5) is 18.9 Å². The largest absolute Gasteiger partial charge is 0.416 e. The van der Waals surface area contributed by atoms with Crippen molar-refractivity contribution < 1.29 is 13.2 Å². The average Bonchev–Trinajstić information content (AvgIpc) is 3.18. The fraction of sp³-hybridized carbons (Fsp3) is 0.320. The molecule has 168 valence electrons. The highest BCUT2D eigenvalue weighted by molar-refractivity contribution is 7.19. The van der Waals surface area contributed by atoms with E-state index in [1.54, 1.807) is 6.20 Å². The Morgan fingerprint density at radius 3 is 2.66 bits per heavy atom. The van der Waals surface area contributed by atoms with Gasteiger partial charge in [0.25, 0.3) is 0 Å². The first-order valence-electron chi connectivity index (χ1n) is 10.8. The molecule has 0 aliphatic rings. The SMILES string of the molecule is CCCN(CCCNc1ccnc2cc(C(F)(F)F)ccc12)Cc1cc2ccccc2s1. The Kier molecular flexibility index (Phi) is 6.96. The zero-order valence-corrected chi connectivity index (χ0v) is 18.8. The van der Waals surface area contributed by atoms with Crippen LogP contribution in [0.2, 0.25) is 0 Å². The van der Waals surface area contributed by atoms with Crippen molar-refractivity contribution in [1.82, 2.24) is 9.88 Å². The van der Waals surface area contributed by atoms with E-state index in [1.165, 1.54) is 21.0 Å². The molecular weight excluding hydrogens is 431 g/mol. The molecule has 0 saturated carbocycles. The summed E-state index contributed by atoms with van der Waals surface area (Å²) in [6.07, 6.45) is -0.781. The van der Waals surface area contributed by atoms with Crippen LogP contribution in [-0.2, 0) is 12.7 Å². The molecular formula is C25H26F3N3S. The maximum Gasteiger partial charge on any atom is 0.416 e. The molecule has 2 heterocycles. The van der Waals surface area contributed by atoms with Crippen LogP contribution >= 0.6 is 11.3 Å². The number of fused-ring (bicyclic) bond motifs is 2. The van der Waals surface area contributed by atoms with Crippen LogP contribution in [0.15, 0.2) is 60.8 Å². The molecule has 0 spiro atoms. The van der Waals surface area contributed by atoms with Gasteiger partial charge in [0.05, 0.1) is 11.1 Å². The van der Waals surface area contributed by atoms with Crippen LogP contribution in [0.1, 0.15) is 30.2 Å². The van der Waals surface area contributed by atoms with E-state index in [0.29, 0.717) is 10.9 Å². The van der Waals surface area contributed by atoms with Gasteiger partial charge in [0.15, 0.2) is 0 Å². The van der Waals surface area contributed by atoms with Crippen LogP contribution in [-0.4, -0.2) is 29.5 Å². The van der Waals surface area contributed by atoms with Crippen molar-refractivity contribution in [3.8, 4) is 0 Å². The van der Waals surface area contributed by atoms with Crippen molar-refractivity contribution in [3.63, 3.8) is 0 Å². The summed E-state index contributed by atoms with van der Waals surface area (Å²) < 4.78 is 40.2. The summed E-state index contributed by atoms with van der Waals surface area (Å²) in [6.45, 7) is 5.86. The molecule has 1 N–H and O–H groups in total. The van der Waals surface area contributed by atoms with Crippen LogP contribution in [0.5, 0.6) is 0 Å². The third-order valence-electron chi connectivity index (χ3n) is 5.43. The molecule has 0 amide bonds. The second kappa shape index (κ2) is 9.88. The van der Waals surface area contributed by atoms with Gasteiger partial charge in [0.2, 0.25) is 0 Å². The molecule has 0 radical (unpaired) electrons. The number of hydrogen-bond acceptors (Lipinski definition) is 4. The minimum Gasteiger partial charge on any atom is -0.384 e. The molecule has 7 heteroatoms. The van der Waals surface area contributed by atoms with E-state index in [0.717, 1.165) is 56.8 Å². The van der Waals surface area contributed by atoms with Crippen molar-refractivity contribution in [2.45, 2.75) is 32.5 Å². The Balaban J connectivity index is 1.36. The number of thiophene rings is 1. The first-order chi connectivity index (χ1) is 15.4. The Morgan fingerprint density at radius 1 is 1.03 bits per heavy atom. The molecule has 3 nitrogen and oxygen atoms in total. The number of alkyl halides is 3. The smallest absolute Gasteiger partial charge is 0.384 e. The van der Waals surface area contributed by atoms with E-state index < -0.39 is 11.7 Å². The minimum atomic E-state index is -4.36. The van der Waals surface area contributed by atoms with E-state index in [9.17, 15) is 13.2 Å². The number of nitrogens with zero attached hydrogens (tertiary/aromatic N) is 2. The third-order valence-corrected chi connectivity index (χ3v) is 6.53. The third kappa shape index (κ3) is 5.40. The lowest BCUT2D eigenvalue weighted by Crippen LogP contribution is -2.26. The molecule has 0 bridgehead atoms. The van der Waals surface area contributed by atoms with Crippen molar-refractivity contribution in [3.05, 3.63) is 71.2 Å². The van der Waals surface area contributed by atoms with E-state index in [4.69, 9.17) is 0 Å². The first kappa shape index (κ1) is 22.6. The van der Waals surface area contributed by atoms with Gasteiger partial charge in [-0.05, 0) is 55.1 Å². The van der Waals surface area contributed by atoms with Gasteiger partial charge in [-0.25, -0.2) is 0 Å². The molecule has 0 aliphatic carbocycles. The highest BCUT2D eigenvalue weighted by atomic mass is 32.1. The average molecular weight is 458 g/mol. The van der Waals surface area contributed by atoms with E-state index in [1.807, 2.05) is 17.4 Å². The summed E-state index contributed by atoms with van der Waals surface area (Å²) >= 11 is 1.85. The number of benzene rings is 2. The predicted molar refractivity (Wildman–Crippen MR) is 127 cm³/mol. The lowest BCUT2D eigenvalue weighted by atomic mass is 10.1. The summed E-state index contributed by atoms with van der Waals surface area (Å²) in [4.78, 5) is 7.95. The molecule has 4 aromatic rings. The van der Waals surface area contributed by atoms with Gasteiger partial charge in [-0.1, -0.05) is 31.2 Å². The molecule has 0 unspecified atom stereocenters. The van der Waals surface area contributed by atoms with E-state index in [-0.39, 0.29) is 0 Å². The van der Waals surface area contributed by atoms with Crippen molar-refractivity contribution in [2.24, 2.45) is 0 Å². The number of aromatic nitrogens is 1. The molecule has 0 aliphatic heterocycles. The lowest BCUT2D eigenvalue weighted by Gasteiger charge is -2.21. The standard InChI is InChI=1S/C25H26F3N3S/c1-2-13-31(17-20-15-18-6-3-4-7-24(18)32-20)14-5-11-29-22-10-12-30-23-16-19(25(26,27)28)8-9-21(22)23/h3-4,6-10,12,15-16H,2,5,11,13-14,17H2,1H3,(H,29,30). The molecule has 0 saturated heterocycles. The van der Waals surface area contributed by atoms with E-state index >= 15 is 0 Å². The molecule has 2 aromatic carbocycles. The summed E-state index contributed by atoms with van der Waals surface area (Å²) in [5.74, 6) is 0. The monoisotopic (exact) mass is 457 g/mol. The van der Waals surface area contributed by atoms with Gasteiger partial charge in [-0.15, -0.1) is 11.3 Å². The highest BCUT2D eigenvalue weighted by Crippen LogP contribution is 2.32. The fourth-order valence-electron chi connectivity index (χ4n) is 3.93. The van der Waals surface area contributed by atoms with Crippen molar-refractivity contribution in [2.75, 3.05) is 25.0 Å². The van der Waals surface area contributed by atoms with Crippen LogP contribution in [0, 0.1) is 0 Å². The van der Waals surface area contributed by atoms with Crippen LogP contribution in [0.3, 0.4) is 0 Å². The number of nitrogens with one attached hydrogen (secondary N) is 1. The molecule has 0 atom stereocenters. The Morgan fingerprint density at radius 2 is 1.88 bits per heavy atom. The lowest BCUT2D eigenvalue weighted by molar-refractivity contribution is -0.137. The van der Waals surface area contributed by atoms with Crippen LogP contribution in [0.25, 0.3) is 21.0 Å². The van der Waals surface area contributed by atoms with Gasteiger partial charge in [0.1, 0.15) is 0 Å². The summed E-state index contributed by atoms with van der Waals surface area (Å²) in [7, 11) is 0. The maximum atomic E-state index is 13.0. The number of rotatable bonds is 9. The van der Waals surface area contributed by atoms with Gasteiger partial charge in [-0.2, -0.15) is 13.2 Å². The Hall–Kier alpha value is -2.64. The number of pyridine rings is 1. The van der Waals surface area contributed by atoms with E-state index in [2.05, 4.69) is 52.5 Å². The number of hydrogen-bond donors (Lipinski definition) is 1. The summed E-state index contributed by atoms with van der Waals surface area (Å²) in [5, 5.41) is 5.38.